The lowest BCUT2D eigenvalue weighted by atomic mass is 10.1. The molecule has 4 heteroatoms. The second kappa shape index (κ2) is 5.46. The molecule has 0 aliphatic heterocycles. The second-order valence-corrected chi connectivity index (χ2v) is 7.02. The summed E-state index contributed by atoms with van der Waals surface area (Å²) in [6.45, 7) is 2.01. The Morgan fingerprint density at radius 3 is 2.27 bits per heavy atom. The van der Waals surface area contributed by atoms with Crippen molar-refractivity contribution in [1.82, 2.24) is 0 Å². The molecule has 0 saturated heterocycles. The van der Waals surface area contributed by atoms with Crippen LogP contribution in [0.25, 0.3) is 10.8 Å². The molecule has 112 valence electrons. The Bertz CT molecular complexity index is 926. The summed E-state index contributed by atoms with van der Waals surface area (Å²) in [5.41, 5.74) is 1.07. The molecule has 3 aromatic rings. The zero-order chi connectivity index (χ0) is 15.7. The van der Waals surface area contributed by atoms with Gasteiger partial charge < -0.3 is 5.11 Å². The highest BCUT2D eigenvalue weighted by atomic mass is 32.2. The summed E-state index contributed by atoms with van der Waals surface area (Å²) in [5.74, 6) is -0.224. The topological polar surface area (TPSA) is 54.4 Å². The molecule has 3 rings (SSSR count). The summed E-state index contributed by atoms with van der Waals surface area (Å²) in [4.78, 5) is 0.159. The van der Waals surface area contributed by atoms with E-state index in [2.05, 4.69) is 0 Å². The maximum atomic E-state index is 12.9. The van der Waals surface area contributed by atoms with E-state index >= 15 is 0 Å². The summed E-state index contributed by atoms with van der Waals surface area (Å²) in [6, 6.07) is 17.1. The van der Waals surface area contributed by atoms with Gasteiger partial charge in [-0.2, -0.15) is 0 Å². The SMILES string of the molecule is CCc1ccc(S(=O)(=O)c2c(O)ccc3ccccc23)cc1. The number of phenolic OH excluding ortho intramolecular Hbond substituents is 1. The Morgan fingerprint density at radius 1 is 0.909 bits per heavy atom. The molecule has 22 heavy (non-hydrogen) atoms. The third-order valence-electron chi connectivity index (χ3n) is 3.77. The van der Waals surface area contributed by atoms with Gasteiger partial charge in [0.15, 0.2) is 0 Å². The van der Waals surface area contributed by atoms with Crippen molar-refractivity contribution in [2.45, 2.75) is 23.1 Å². The highest BCUT2D eigenvalue weighted by Gasteiger charge is 2.24. The van der Waals surface area contributed by atoms with Gasteiger partial charge in [-0.15, -0.1) is 0 Å². The molecule has 0 fully saturated rings. The fourth-order valence-corrected chi connectivity index (χ4v) is 4.08. The molecule has 0 heterocycles. The second-order valence-electron chi connectivity index (χ2n) is 5.14. The molecular formula is C18H16O3S. The minimum atomic E-state index is -3.77. The normalized spacial score (nSPS) is 11.7. The molecule has 0 aliphatic carbocycles. The largest absolute Gasteiger partial charge is 0.507 e. The van der Waals surface area contributed by atoms with Crippen LogP contribution in [0.5, 0.6) is 5.75 Å². The minimum absolute atomic E-state index is 0.0325. The lowest BCUT2D eigenvalue weighted by molar-refractivity contribution is 0.460. The molecule has 0 spiro atoms. The van der Waals surface area contributed by atoms with Gasteiger partial charge in [0.1, 0.15) is 10.6 Å². The predicted molar refractivity (Wildman–Crippen MR) is 86.9 cm³/mol. The number of aromatic hydroxyl groups is 1. The zero-order valence-corrected chi connectivity index (χ0v) is 13.0. The maximum absolute atomic E-state index is 12.9. The molecule has 0 radical (unpaired) electrons. The van der Waals surface area contributed by atoms with Gasteiger partial charge in [0.25, 0.3) is 0 Å². The molecule has 0 saturated carbocycles. The fourth-order valence-electron chi connectivity index (χ4n) is 2.54. The van der Waals surface area contributed by atoms with Crippen LogP contribution in [0.1, 0.15) is 12.5 Å². The molecule has 0 unspecified atom stereocenters. The van der Waals surface area contributed by atoms with Gasteiger partial charge in [-0.05, 0) is 35.6 Å². The number of aryl methyl sites for hydroxylation is 1. The van der Waals surface area contributed by atoms with Crippen LogP contribution in [-0.2, 0) is 16.3 Å². The first-order chi connectivity index (χ1) is 10.5. The van der Waals surface area contributed by atoms with Crippen molar-refractivity contribution in [3.63, 3.8) is 0 Å². The number of hydrogen-bond acceptors (Lipinski definition) is 3. The Balaban J connectivity index is 2.26. The van der Waals surface area contributed by atoms with Crippen molar-refractivity contribution in [3.05, 3.63) is 66.2 Å². The molecule has 0 atom stereocenters. The summed E-state index contributed by atoms with van der Waals surface area (Å²) in [5, 5.41) is 11.4. The zero-order valence-electron chi connectivity index (χ0n) is 12.2. The van der Waals surface area contributed by atoms with Crippen molar-refractivity contribution >= 4 is 20.6 Å². The van der Waals surface area contributed by atoms with E-state index in [1.165, 1.54) is 6.07 Å². The summed E-state index contributed by atoms with van der Waals surface area (Å²) >= 11 is 0. The van der Waals surface area contributed by atoms with Crippen molar-refractivity contribution in [2.24, 2.45) is 0 Å². The van der Waals surface area contributed by atoms with Gasteiger partial charge >= 0.3 is 0 Å². The standard InChI is InChI=1S/C18H16O3S/c1-2-13-7-10-15(11-8-13)22(20,21)18-16-6-4-3-5-14(16)9-12-17(18)19/h3-12,19H,2H2,1H3. The van der Waals surface area contributed by atoms with E-state index in [0.717, 1.165) is 17.4 Å². The molecule has 1 N–H and O–H groups in total. The van der Waals surface area contributed by atoms with Crippen molar-refractivity contribution in [3.8, 4) is 5.75 Å². The van der Waals surface area contributed by atoms with E-state index < -0.39 is 9.84 Å². The average Bonchev–Trinajstić information content (AvgIpc) is 2.54. The van der Waals surface area contributed by atoms with Crippen LogP contribution in [0.15, 0.2) is 70.5 Å². The number of fused-ring (bicyclic) bond motifs is 1. The van der Waals surface area contributed by atoms with E-state index in [1.54, 1.807) is 42.5 Å². The number of phenols is 1. The lowest BCUT2D eigenvalue weighted by Gasteiger charge is -2.11. The molecule has 3 aromatic carbocycles. The van der Waals surface area contributed by atoms with Gasteiger partial charge in [-0.25, -0.2) is 8.42 Å². The first-order valence-electron chi connectivity index (χ1n) is 7.09. The fraction of sp³-hybridized carbons (Fsp3) is 0.111. The van der Waals surface area contributed by atoms with Gasteiger partial charge in [0.05, 0.1) is 4.90 Å². The molecular weight excluding hydrogens is 296 g/mol. The van der Waals surface area contributed by atoms with Gasteiger partial charge in [0.2, 0.25) is 9.84 Å². The van der Waals surface area contributed by atoms with E-state index in [-0.39, 0.29) is 15.5 Å². The Morgan fingerprint density at radius 2 is 1.59 bits per heavy atom. The monoisotopic (exact) mass is 312 g/mol. The van der Waals surface area contributed by atoms with Crippen LogP contribution in [-0.4, -0.2) is 13.5 Å². The molecule has 0 aliphatic rings. The third-order valence-corrected chi connectivity index (χ3v) is 5.63. The summed E-state index contributed by atoms with van der Waals surface area (Å²) < 4.78 is 25.8. The molecule has 3 nitrogen and oxygen atoms in total. The van der Waals surface area contributed by atoms with Crippen LogP contribution in [0, 0.1) is 0 Å². The number of hydrogen-bond donors (Lipinski definition) is 1. The highest BCUT2D eigenvalue weighted by molar-refractivity contribution is 7.91. The molecule has 0 amide bonds. The highest BCUT2D eigenvalue weighted by Crippen LogP contribution is 2.35. The van der Waals surface area contributed by atoms with Crippen molar-refractivity contribution < 1.29 is 13.5 Å². The molecule has 0 bridgehead atoms. The maximum Gasteiger partial charge on any atom is 0.210 e. The number of rotatable bonds is 3. The van der Waals surface area contributed by atoms with Crippen LogP contribution in [0.3, 0.4) is 0 Å². The van der Waals surface area contributed by atoms with Gasteiger partial charge in [-0.1, -0.05) is 49.4 Å². The minimum Gasteiger partial charge on any atom is -0.507 e. The Kier molecular flexibility index (Phi) is 3.62. The van der Waals surface area contributed by atoms with Crippen LogP contribution in [0.2, 0.25) is 0 Å². The third kappa shape index (κ3) is 2.35. The molecule has 0 aromatic heterocycles. The predicted octanol–water partition coefficient (Wildman–Crippen LogP) is 3.94. The lowest BCUT2D eigenvalue weighted by Crippen LogP contribution is -2.03. The Hall–Kier alpha value is -2.33. The van der Waals surface area contributed by atoms with Gasteiger partial charge in [-0.3, -0.25) is 0 Å². The van der Waals surface area contributed by atoms with E-state index in [4.69, 9.17) is 0 Å². The summed E-state index contributed by atoms with van der Waals surface area (Å²) in [7, 11) is -3.77. The van der Waals surface area contributed by atoms with Crippen molar-refractivity contribution in [2.75, 3.05) is 0 Å². The average molecular weight is 312 g/mol. The first kappa shape index (κ1) is 14.6. The van der Waals surface area contributed by atoms with Crippen molar-refractivity contribution in [1.29, 1.82) is 0 Å². The van der Waals surface area contributed by atoms with Crippen LogP contribution >= 0.6 is 0 Å². The summed E-state index contributed by atoms with van der Waals surface area (Å²) in [6.07, 6.45) is 0.847. The number of sulfone groups is 1. The quantitative estimate of drug-likeness (QED) is 0.797. The first-order valence-corrected chi connectivity index (χ1v) is 8.57. The van der Waals surface area contributed by atoms with E-state index in [0.29, 0.717) is 5.39 Å². The van der Waals surface area contributed by atoms with Gasteiger partial charge in [0, 0.05) is 5.39 Å². The van der Waals surface area contributed by atoms with Crippen LogP contribution in [0.4, 0.5) is 0 Å². The Labute approximate surface area is 129 Å². The van der Waals surface area contributed by atoms with E-state index in [1.807, 2.05) is 19.1 Å². The van der Waals surface area contributed by atoms with Crippen LogP contribution < -0.4 is 0 Å². The smallest absolute Gasteiger partial charge is 0.210 e. The van der Waals surface area contributed by atoms with E-state index in [9.17, 15) is 13.5 Å². The number of benzene rings is 3.